The Bertz CT molecular complexity index is 1220. The minimum absolute atomic E-state index is 0.187. The Morgan fingerprint density at radius 2 is 2.18 bits per heavy atom. The summed E-state index contributed by atoms with van der Waals surface area (Å²) in [5.74, 6) is 1.44. The molecule has 0 atom stereocenters. The Labute approximate surface area is 176 Å². The second kappa shape index (κ2) is 7.26. The van der Waals surface area contributed by atoms with Gasteiger partial charge in [0.1, 0.15) is 5.52 Å². The summed E-state index contributed by atoms with van der Waals surface area (Å²) in [6, 6.07) is 8.00. The number of thiophene rings is 1. The van der Waals surface area contributed by atoms with Crippen LogP contribution in [0.4, 0.5) is 0 Å². The zero-order valence-corrected chi connectivity index (χ0v) is 17.7. The minimum Gasteiger partial charge on any atom is -0.454 e. The second-order valence-corrected chi connectivity index (χ2v) is 9.01. The largest absolute Gasteiger partial charge is 0.454 e. The lowest BCUT2D eigenvalue weighted by atomic mass is 10.3. The monoisotopic (exact) mass is 475 g/mol. The average Bonchev–Trinajstić information content (AvgIpc) is 3.42. The number of aromatic nitrogens is 4. The number of aromatic amines is 1. The molecule has 1 aromatic carbocycles. The van der Waals surface area contributed by atoms with Gasteiger partial charge in [0.05, 0.1) is 6.33 Å². The van der Waals surface area contributed by atoms with Crippen molar-refractivity contribution in [1.82, 2.24) is 19.5 Å². The minimum atomic E-state index is 0.187. The van der Waals surface area contributed by atoms with Crippen molar-refractivity contribution in [3.8, 4) is 11.5 Å². The van der Waals surface area contributed by atoms with Crippen LogP contribution < -0.4 is 15.0 Å². The van der Waals surface area contributed by atoms with Gasteiger partial charge in [0, 0.05) is 20.8 Å². The summed E-state index contributed by atoms with van der Waals surface area (Å²) in [5.41, 5.74) is 1.55. The van der Waals surface area contributed by atoms with Gasteiger partial charge in [0.15, 0.2) is 27.8 Å². The van der Waals surface area contributed by atoms with E-state index in [9.17, 15) is 0 Å². The third-order valence-corrected chi connectivity index (χ3v) is 7.11. The number of imidazole rings is 1. The molecule has 7 nitrogen and oxygen atoms in total. The maximum Gasteiger partial charge on any atom is 0.231 e. The molecule has 4 aromatic rings. The fourth-order valence-corrected chi connectivity index (χ4v) is 5.02. The van der Waals surface area contributed by atoms with Crippen LogP contribution in [-0.4, -0.2) is 26.3 Å². The first-order valence-corrected chi connectivity index (χ1v) is 11.0. The molecule has 2 N–H and O–H groups in total. The van der Waals surface area contributed by atoms with Gasteiger partial charge in [-0.05, 0) is 45.9 Å². The van der Waals surface area contributed by atoms with Crippen LogP contribution in [0.15, 0.2) is 50.5 Å². The number of ether oxygens (including phenoxy) is 2. The van der Waals surface area contributed by atoms with Crippen LogP contribution in [0, 0.1) is 5.41 Å². The van der Waals surface area contributed by atoms with Crippen molar-refractivity contribution in [2.45, 2.75) is 23.0 Å². The van der Waals surface area contributed by atoms with E-state index in [1.807, 2.05) is 16.7 Å². The van der Waals surface area contributed by atoms with E-state index in [1.54, 1.807) is 17.7 Å². The average molecular weight is 476 g/mol. The number of hydrogen-bond donors (Lipinski definition) is 2. The predicted molar refractivity (Wildman–Crippen MR) is 110 cm³/mol. The molecule has 5 rings (SSSR count). The zero-order valence-electron chi connectivity index (χ0n) is 14.4. The molecule has 0 spiro atoms. The molecule has 0 fully saturated rings. The van der Waals surface area contributed by atoms with Gasteiger partial charge < -0.3 is 19.0 Å². The third kappa shape index (κ3) is 3.31. The maximum absolute atomic E-state index is 8.12. The summed E-state index contributed by atoms with van der Waals surface area (Å²) >= 11 is 6.78. The van der Waals surface area contributed by atoms with Crippen molar-refractivity contribution in [2.75, 3.05) is 6.79 Å². The van der Waals surface area contributed by atoms with Crippen LogP contribution in [0.3, 0.4) is 0 Å². The smallest absolute Gasteiger partial charge is 0.231 e. The van der Waals surface area contributed by atoms with Crippen LogP contribution in [0.25, 0.3) is 11.2 Å². The van der Waals surface area contributed by atoms with Gasteiger partial charge in [-0.1, -0.05) is 17.8 Å². The fourth-order valence-electron chi connectivity index (χ4n) is 2.94. The van der Waals surface area contributed by atoms with Gasteiger partial charge in [-0.2, -0.15) is 0 Å². The predicted octanol–water partition coefficient (Wildman–Crippen LogP) is 4.19. The summed E-state index contributed by atoms with van der Waals surface area (Å²) in [6.45, 7) is 0.992. The van der Waals surface area contributed by atoms with E-state index in [0.717, 1.165) is 39.5 Å². The summed E-state index contributed by atoms with van der Waals surface area (Å²) < 4.78 is 13.8. The van der Waals surface area contributed by atoms with Crippen LogP contribution in [0.5, 0.6) is 11.5 Å². The van der Waals surface area contributed by atoms with Crippen molar-refractivity contribution in [3.63, 3.8) is 0 Å². The first-order chi connectivity index (χ1) is 13.7. The molecule has 0 bridgehead atoms. The Morgan fingerprint density at radius 1 is 1.32 bits per heavy atom. The molecule has 4 heterocycles. The lowest BCUT2D eigenvalue weighted by Gasteiger charge is -2.05. The van der Waals surface area contributed by atoms with E-state index in [1.165, 1.54) is 16.6 Å². The molecule has 0 amide bonds. The van der Waals surface area contributed by atoms with Gasteiger partial charge in [-0.25, -0.2) is 9.97 Å². The van der Waals surface area contributed by atoms with Crippen molar-refractivity contribution in [1.29, 1.82) is 5.41 Å². The van der Waals surface area contributed by atoms with Gasteiger partial charge in [-0.15, -0.1) is 11.3 Å². The van der Waals surface area contributed by atoms with Crippen LogP contribution in [0.2, 0.25) is 0 Å². The maximum atomic E-state index is 8.12. The molecule has 10 heteroatoms. The fraction of sp³-hybridized carbons (Fsp3) is 0.167. The Balaban J connectivity index is 1.47. The van der Waals surface area contributed by atoms with Crippen LogP contribution in [-0.2, 0) is 13.0 Å². The molecule has 0 unspecified atom stereocenters. The number of H-pyrrole nitrogens is 1. The van der Waals surface area contributed by atoms with E-state index >= 15 is 0 Å². The zero-order chi connectivity index (χ0) is 19.1. The molecule has 0 saturated heterocycles. The number of hydrogen-bond acceptors (Lipinski definition) is 7. The van der Waals surface area contributed by atoms with Gasteiger partial charge in [-0.3, -0.25) is 5.41 Å². The molecule has 3 aromatic heterocycles. The lowest BCUT2D eigenvalue weighted by molar-refractivity contribution is 0.174. The SMILES string of the molecule is N=c1ncn(CCc2cccs2)c2nc(Sc3cc4c(cc3Br)OCO4)[nH]c12. The first-order valence-electron chi connectivity index (χ1n) is 8.46. The number of nitrogens with zero attached hydrogens (tertiary/aromatic N) is 3. The first kappa shape index (κ1) is 17.8. The van der Waals surface area contributed by atoms with E-state index in [4.69, 9.17) is 19.9 Å². The topological polar surface area (TPSA) is 88.8 Å². The number of nitrogens with one attached hydrogen (secondary N) is 2. The highest BCUT2D eigenvalue weighted by Crippen LogP contribution is 2.42. The third-order valence-electron chi connectivity index (χ3n) is 4.31. The quantitative estimate of drug-likeness (QED) is 0.451. The summed E-state index contributed by atoms with van der Waals surface area (Å²) in [6.07, 6.45) is 2.59. The molecule has 0 saturated carbocycles. The number of rotatable bonds is 5. The lowest BCUT2D eigenvalue weighted by Crippen LogP contribution is -2.13. The molecule has 0 aliphatic carbocycles. The molecule has 0 radical (unpaired) electrons. The van der Waals surface area contributed by atoms with Gasteiger partial charge >= 0.3 is 0 Å². The highest BCUT2D eigenvalue weighted by molar-refractivity contribution is 9.10. The second-order valence-electron chi connectivity index (χ2n) is 6.09. The van der Waals surface area contributed by atoms with Gasteiger partial charge in [0.2, 0.25) is 6.79 Å². The molecule has 1 aliphatic heterocycles. The van der Waals surface area contributed by atoms with Crippen molar-refractivity contribution < 1.29 is 9.47 Å². The highest BCUT2D eigenvalue weighted by atomic mass is 79.9. The van der Waals surface area contributed by atoms with E-state index in [2.05, 4.69) is 43.4 Å². The molecule has 1 aliphatic rings. The van der Waals surface area contributed by atoms with Crippen molar-refractivity contribution in [3.05, 3.63) is 50.8 Å². The number of benzene rings is 1. The molecular weight excluding hydrogens is 462 g/mol. The van der Waals surface area contributed by atoms with E-state index in [-0.39, 0.29) is 12.3 Å². The summed E-state index contributed by atoms with van der Waals surface area (Å²) in [5, 5.41) is 10.9. The van der Waals surface area contributed by atoms with E-state index < -0.39 is 0 Å². The van der Waals surface area contributed by atoms with Crippen LogP contribution in [0.1, 0.15) is 4.88 Å². The highest BCUT2D eigenvalue weighted by Gasteiger charge is 2.18. The number of aryl methyl sites for hydroxylation is 2. The molecule has 28 heavy (non-hydrogen) atoms. The Hall–Kier alpha value is -2.30. The molecule has 142 valence electrons. The summed E-state index contributed by atoms with van der Waals surface area (Å²) in [7, 11) is 0. The standard InChI is InChI=1S/C18H14BrN5O2S2/c19-11-6-12-13(26-9-25-12)7-14(11)28-18-22-15-16(20)21-8-24(17(15)23-18)4-3-10-2-1-5-27-10/h1-2,5-8,20H,3-4,9H2,(H,22,23). The number of halogens is 1. The number of fused-ring (bicyclic) bond motifs is 2. The van der Waals surface area contributed by atoms with Crippen molar-refractivity contribution >= 4 is 50.2 Å². The Kier molecular flexibility index (Phi) is 4.61. The van der Waals surface area contributed by atoms with E-state index in [0.29, 0.717) is 10.7 Å². The van der Waals surface area contributed by atoms with Gasteiger partial charge in [0.25, 0.3) is 0 Å². The van der Waals surface area contributed by atoms with Crippen LogP contribution >= 0.6 is 39.0 Å². The normalized spacial score (nSPS) is 12.8. The summed E-state index contributed by atoms with van der Waals surface area (Å²) in [4.78, 5) is 14.4. The Morgan fingerprint density at radius 3 is 3.00 bits per heavy atom. The molecular formula is C18H14BrN5O2S2. The van der Waals surface area contributed by atoms with Crippen molar-refractivity contribution in [2.24, 2.45) is 0 Å².